The van der Waals surface area contributed by atoms with Gasteiger partial charge in [-0.2, -0.15) is 0 Å². The van der Waals surface area contributed by atoms with Gasteiger partial charge in [-0.1, -0.05) is 25.7 Å². The molecule has 1 aliphatic rings. The van der Waals surface area contributed by atoms with E-state index in [0.717, 1.165) is 12.8 Å². The van der Waals surface area contributed by atoms with Gasteiger partial charge in [-0.3, -0.25) is 4.79 Å². The molecule has 0 radical (unpaired) electrons. The lowest BCUT2D eigenvalue weighted by molar-refractivity contribution is 0.0712. The van der Waals surface area contributed by atoms with Crippen molar-refractivity contribution in [3.8, 4) is 11.6 Å². The van der Waals surface area contributed by atoms with Crippen molar-refractivity contribution >= 4 is 17.7 Å². The summed E-state index contributed by atoms with van der Waals surface area (Å²) in [7, 11) is 1.92. The van der Waals surface area contributed by atoms with E-state index in [-0.39, 0.29) is 5.91 Å². The van der Waals surface area contributed by atoms with Crippen molar-refractivity contribution < 1.29 is 9.21 Å². The van der Waals surface area contributed by atoms with Gasteiger partial charge in [-0.25, -0.2) is 9.97 Å². The van der Waals surface area contributed by atoms with Crippen LogP contribution in [0.25, 0.3) is 11.6 Å². The molecule has 2 aromatic heterocycles. The average Bonchev–Trinajstić information content (AvgIpc) is 3.02. The minimum Gasteiger partial charge on any atom is -0.461 e. The lowest BCUT2D eigenvalue weighted by atomic mass is 10.1. The summed E-state index contributed by atoms with van der Waals surface area (Å²) in [4.78, 5) is 24.2. The number of aryl methyl sites for hydroxylation is 1. The number of nitrogens with zero attached hydrogens (tertiary/aromatic N) is 3. The van der Waals surface area contributed by atoms with Crippen LogP contribution in [-0.2, 0) is 0 Å². The number of rotatable bonds is 4. The Labute approximate surface area is 153 Å². The summed E-state index contributed by atoms with van der Waals surface area (Å²) in [6.07, 6.45) is 10.7. The maximum Gasteiger partial charge on any atom is 0.258 e. The summed E-state index contributed by atoms with van der Waals surface area (Å²) in [6.45, 7) is 1.88. The van der Waals surface area contributed by atoms with Gasteiger partial charge in [0.2, 0.25) is 0 Å². The molecule has 6 heteroatoms. The highest BCUT2D eigenvalue weighted by Crippen LogP contribution is 2.28. The van der Waals surface area contributed by atoms with Crippen molar-refractivity contribution in [1.82, 2.24) is 14.9 Å². The van der Waals surface area contributed by atoms with Crippen LogP contribution in [-0.4, -0.2) is 40.1 Å². The average molecular weight is 359 g/mol. The van der Waals surface area contributed by atoms with Crippen molar-refractivity contribution in [2.45, 2.75) is 56.5 Å². The molecule has 1 fully saturated rings. The summed E-state index contributed by atoms with van der Waals surface area (Å²) in [5.74, 6) is 1.18. The number of amides is 1. The van der Waals surface area contributed by atoms with E-state index in [4.69, 9.17) is 4.42 Å². The minimum atomic E-state index is 0.0275. The molecular weight excluding hydrogens is 334 g/mol. The zero-order valence-electron chi connectivity index (χ0n) is 15.1. The zero-order valence-corrected chi connectivity index (χ0v) is 15.9. The SMILES string of the molecule is CSc1nc(-c2ccco2)nc(C)c1C(=O)N(C)C1CCCCCC1. The van der Waals surface area contributed by atoms with Gasteiger partial charge < -0.3 is 9.32 Å². The van der Waals surface area contributed by atoms with E-state index in [2.05, 4.69) is 9.97 Å². The molecule has 25 heavy (non-hydrogen) atoms. The predicted octanol–water partition coefficient (Wildman–Crippen LogP) is 4.56. The first kappa shape index (κ1) is 18.0. The quantitative estimate of drug-likeness (QED) is 0.455. The molecule has 0 aromatic carbocycles. The maximum absolute atomic E-state index is 13.2. The van der Waals surface area contributed by atoms with Crippen LogP contribution >= 0.6 is 11.8 Å². The lowest BCUT2D eigenvalue weighted by Crippen LogP contribution is -2.37. The van der Waals surface area contributed by atoms with Crippen LogP contribution in [0.5, 0.6) is 0 Å². The second kappa shape index (κ2) is 8.04. The molecule has 0 spiro atoms. The number of hydrogen-bond donors (Lipinski definition) is 0. The first-order valence-electron chi connectivity index (χ1n) is 8.85. The Morgan fingerprint density at radius 3 is 2.56 bits per heavy atom. The van der Waals surface area contributed by atoms with Crippen LogP contribution in [0.4, 0.5) is 0 Å². The van der Waals surface area contributed by atoms with E-state index >= 15 is 0 Å². The van der Waals surface area contributed by atoms with Gasteiger partial charge >= 0.3 is 0 Å². The smallest absolute Gasteiger partial charge is 0.258 e. The van der Waals surface area contributed by atoms with Crippen molar-refractivity contribution in [2.75, 3.05) is 13.3 Å². The zero-order chi connectivity index (χ0) is 17.8. The molecule has 5 nitrogen and oxygen atoms in total. The highest BCUT2D eigenvalue weighted by molar-refractivity contribution is 7.98. The number of thioether (sulfide) groups is 1. The molecule has 1 amide bonds. The largest absolute Gasteiger partial charge is 0.461 e. The van der Waals surface area contributed by atoms with Gasteiger partial charge in [0.25, 0.3) is 5.91 Å². The Kier molecular flexibility index (Phi) is 5.78. The third-order valence-corrected chi connectivity index (χ3v) is 5.58. The summed E-state index contributed by atoms with van der Waals surface area (Å²) >= 11 is 1.48. The second-order valence-electron chi connectivity index (χ2n) is 6.56. The van der Waals surface area contributed by atoms with Crippen molar-refractivity contribution in [1.29, 1.82) is 0 Å². The molecule has 2 heterocycles. The predicted molar refractivity (Wildman–Crippen MR) is 99.8 cm³/mol. The molecule has 0 saturated heterocycles. The Balaban J connectivity index is 1.91. The summed E-state index contributed by atoms with van der Waals surface area (Å²) in [5, 5.41) is 0.712. The van der Waals surface area contributed by atoms with Gasteiger partial charge in [-0.05, 0) is 38.2 Å². The first-order chi connectivity index (χ1) is 12.1. The molecule has 0 unspecified atom stereocenters. The third kappa shape index (κ3) is 3.89. The van der Waals surface area contributed by atoms with Crippen molar-refractivity contribution in [3.05, 3.63) is 29.7 Å². The van der Waals surface area contributed by atoms with Gasteiger partial charge in [0.05, 0.1) is 17.5 Å². The van der Waals surface area contributed by atoms with Crippen LogP contribution < -0.4 is 0 Å². The van der Waals surface area contributed by atoms with E-state index in [9.17, 15) is 4.79 Å². The maximum atomic E-state index is 13.2. The highest BCUT2D eigenvalue weighted by atomic mass is 32.2. The first-order valence-corrected chi connectivity index (χ1v) is 10.1. The molecule has 0 N–H and O–H groups in total. The Hall–Kier alpha value is -1.82. The number of hydrogen-bond acceptors (Lipinski definition) is 5. The fourth-order valence-electron chi connectivity index (χ4n) is 3.44. The number of carbonyl (C=O) groups excluding carboxylic acids is 1. The van der Waals surface area contributed by atoms with Crippen molar-refractivity contribution in [2.24, 2.45) is 0 Å². The van der Waals surface area contributed by atoms with Crippen molar-refractivity contribution in [3.63, 3.8) is 0 Å². The fraction of sp³-hybridized carbons (Fsp3) is 0.526. The molecule has 3 rings (SSSR count). The second-order valence-corrected chi connectivity index (χ2v) is 7.35. The standard InChI is InChI=1S/C19H25N3O2S/c1-13-16(19(23)22(2)14-9-6-4-5-7-10-14)18(25-3)21-17(20-13)15-11-8-12-24-15/h8,11-12,14H,4-7,9-10H2,1-3H3. The van der Waals surface area contributed by atoms with Gasteiger partial charge in [0.1, 0.15) is 5.03 Å². The molecule has 2 aromatic rings. The van der Waals surface area contributed by atoms with E-state index in [1.165, 1.54) is 37.4 Å². The molecule has 1 saturated carbocycles. The van der Waals surface area contributed by atoms with Crippen LogP contribution in [0.2, 0.25) is 0 Å². The van der Waals surface area contributed by atoms with E-state index in [0.29, 0.717) is 33.9 Å². The number of carbonyl (C=O) groups is 1. The highest BCUT2D eigenvalue weighted by Gasteiger charge is 2.27. The molecule has 0 bridgehead atoms. The minimum absolute atomic E-state index is 0.0275. The van der Waals surface area contributed by atoms with E-state index < -0.39 is 0 Å². The molecule has 0 atom stereocenters. The monoisotopic (exact) mass is 359 g/mol. The molecule has 0 aliphatic heterocycles. The topological polar surface area (TPSA) is 59.2 Å². The molecular formula is C19H25N3O2S. The van der Waals surface area contributed by atoms with Gasteiger partial charge in [-0.15, -0.1) is 11.8 Å². The molecule has 1 aliphatic carbocycles. The Morgan fingerprint density at radius 1 is 1.24 bits per heavy atom. The summed E-state index contributed by atoms with van der Waals surface area (Å²) < 4.78 is 5.40. The Bertz CT molecular complexity index is 723. The summed E-state index contributed by atoms with van der Waals surface area (Å²) in [5.41, 5.74) is 1.32. The van der Waals surface area contributed by atoms with E-state index in [1.807, 2.05) is 37.3 Å². The fourth-order valence-corrected chi connectivity index (χ4v) is 4.06. The lowest BCUT2D eigenvalue weighted by Gasteiger charge is -2.28. The van der Waals surface area contributed by atoms with Crippen LogP contribution in [0.3, 0.4) is 0 Å². The van der Waals surface area contributed by atoms with Crippen LogP contribution in [0, 0.1) is 6.92 Å². The summed E-state index contributed by atoms with van der Waals surface area (Å²) in [6, 6.07) is 3.96. The number of aromatic nitrogens is 2. The van der Waals surface area contributed by atoms with E-state index in [1.54, 1.807) is 6.26 Å². The normalized spacial score (nSPS) is 15.8. The van der Waals surface area contributed by atoms with Gasteiger partial charge in [0.15, 0.2) is 11.6 Å². The van der Waals surface area contributed by atoms with Gasteiger partial charge in [0, 0.05) is 13.1 Å². The number of furan rings is 1. The Morgan fingerprint density at radius 2 is 1.96 bits per heavy atom. The third-order valence-electron chi connectivity index (χ3n) is 4.90. The van der Waals surface area contributed by atoms with Crippen LogP contribution in [0.15, 0.2) is 27.8 Å². The molecule has 134 valence electrons. The van der Waals surface area contributed by atoms with Crippen LogP contribution in [0.1, 0.15) is 54.6 Å².